The van der Waals surface area contributed by atoms with Crippen LogP contribution in [0.2, 0.25) is 0 Å². The van der Waals surface area contributed by atoms with Gasteiger partial charge in [0.25, 0.3) is 5.56 Å². The summed E-state index contributed by atoms with van der Waals surface area (Å²) in [6, 6.07) is 14.3. The molecule has 0 unspecified atom stereocenters. The van der Waals surface area contributed by atoms with E-state index < -0.39 is 0 Å². The lowest BCUT2D eigenvalue weighted by Crippen LogP contribution is -2.31. The van der Waals surface area contributed by atoms with Gasteiger partial charge in [-0.25, -0.2) is 0 Å². The van der Waals surface area contributed by atoms with E-state index in [0.29, 0.717) is 32.1 Å². The number of fused-ring (bicyclic) bond motifs is 4. The number of aromatic nitrogens is 2. The van der Waals surface area contributed by atoms with Crippen molar-refractivity contribution < 1.29 is 9.47 Å². The van der Waals surface area contributed by atoms with Gasteiger partial charge in [0.1, 0.15) is 11.4 Å². The number of nitrogens with zero attached hydrogens (tertiary/aromatic N) is 4. The quantitative estimate of drug-likeness (QED) is 0.359. The van der Waals surface area contributed by atoms with Crippen LogP contribution in [0.5, 0.6) is 5.75 Å². The Balaban J connectivity index is 1.50. The van der Waals surface area contributed by atoms with Crippen molar-refractivity contribution in [3.05, 3.63) is 59.0 Å². The Morgan fingerprint density at radius 1 is 1.06 bits per heavy atom. The first-order valence-electron chi connectivity index (χ1n) is 12.3. The van der Waals surface area contributed by atoms with Gasteiger partial charge in [-0.05, 0) is 62.5 Å². The number of benzene rings is 2. The second-order valence-corrected chi connectivity index (χ2v) is 9.59. The Hall–Kier alpha value is -3.62. The molecule has 188 valence electrons. The number of hydrogen-bond donors (Lipinski definition) is 1. The third-order valence-corrected chi connectivity index (χ3v) is 6.61. The van der Waals surface area contributed by atoms with Gasteiger partial charge in [0.2, 0.25) is 0 Å². The van der Waals surface area contributed by atoms with E-state index in [1.165, 1.54) is 0 Å². The molecular formula is C28H33N5O3. The number of ether oxygens (including phenoxy) is 2. The molecule has 0 aliphatic carbocycles. The minimum Gasteiger partial charge on any atom is -0.494 e. The first kappa shape index (κ1) is 24.1. The highest BCUT2D eigenvalue weighted by molar-refractivity contribution is 6.02. The molecular weight excluding hydrogens is 454 g/mol. The highest BCUT2D eigenvalue weighted by Crippen LogP contribution is 2.39. The first-order valence-corrected chi connectivity index (χ1v) is 12.3. The molecule has 2 aromatic heterocycles. The smallest absolute Gasteiger partial charge is 0.274 e. The van der Waals surface area contributed by atoms with Gasteiger partial charge in [0, 0.05) is 49.8 Å². The molecule has 2 aromatic carbocycles. The Morgan fingerprint density at radius 2 is 1.92 bits per heavy atom. The van der Waals surface area contributed by atoms with Gasteiger partial charge in [-0.3, -0.25) is 9.78 Å². The fraction of sp³-hybridized carbons (Fsp3) is 0.357. The number of aromatic amines is 1. The molecule has 4 aromatic rings. The molecule has 0 saturated heterocycles. The van der Waals surface area contributed by atoms with Crippen molar-refractivity contribution in [2.24, 2.45) is 0 Å². The van der Waals surface area contributed by atoms with Crippen LogP contribution < -0.4 is 20.1 Å². The molecule has 8 nitrogen and oxygen atoms in total. The number of pyridine rings is 2. The molecule has 0 bridgehead atoms. The van der Waals surface area contributed by atoms with Crippen molar-refractivity contribution in [1.29, 1.82) is 0 Å². The van der Waals surface area contributed by atoms with Crippen LogP contribution in [0.25, 0.3) is 32.9 Å². The average Bonchev–Trinajstić information content (AvgIpc) is 3.21. The van der Waals surface area contributed by atoms with Crippen molar-refractivity contribution in [2.45, 2.75) is 6.42 Å². The lowest BCUT2D eigenvalue weighted by Gasteiger charge is -2.20. The van der Waals surface area contributed by atoms with Gasteiger partial charge in [0.15, 0.2) is 0 Å². The maximum Gasteiger partial charge on any atom is 0.274 e. The van der Waals surface area contributed by atoms with Crippen molar-refractivity contribution >= 4 is 33.2 Å². The Morgan fingerprint density at radius 3 is 2.72 bits per heavy atom. The first-order chi connectivity index (χ1) is 17.4. The highest BCUT2D eigenvalue weighted by Gasteiger charge is 2.28. The van der Waals surface area contributed by atoms with E-state index in [-0.39, 0.29) is 5.56 Å². The minimum absolute atomic E-state index is 0.0712. The molecule has 1 N–H and O–H groups in total. The lowest BCUT2D eigenvalue weighted by molar-refractivity contribution is 0.205. The second-order valence-electron chi connectivity index (χ2n) is 9.59. The van der Waals surface area contributed by atoms with E-state index >= 15 is 0 Å². The molecule has 1 aliphatic rings. The zero-order valence-electron chi connectivity index (χ0n) is 21.4. The van der Waals surface area contributed by atoms with Crippen LogP contribution in [0.15, 0.2) is 53.5 Å². The van der Waals surface area contributed by atoms with E-state index in [2.05, 4.69) is 47.1 Å². The number of anilines is 2. The molecule has 0 amide bonds. The highest BCUT2D eigenvalue weighted by atomic mass is 16.5. The van der Waals surface area contributed by atoms with Crippen molar-refractivity contribution in [3.8, 4) is 16.9 Å². The van der Waals surface area contributed by atoms with Crippen molar-refractivity contribution in [3.63, 3.8) is 0 Å². The second kappa shape index (κ2) is 10.2. The topological polar surface area (TPSA) is 73.9 Å². The molecule has 0 saturated carbocycles. The van der Waals surface area contributed by atoms with Crippen LogP contribution in [-0.2, 0) is 4.74 Å². The normalized spacial score (nSPS) is 13.2. The zero-order chi connectivity index (χ0) is 25.2. The zero-order valence-corrected chi connectivity index (χ0v) is 21.4. The molecule has 0 radical (unpaired) electrons. The van der Waals surface area contributed by atoms with E-state index in [4.69, 9.17) is 14.5 Å². The van der Waals surface area contributed by atoms with E-state index in [0.717, 1.165) is 57.3 Å². The maximum atomic E-state index is 12.8. The maximum absolute atomic E-state index is 12.8. The van der Waals surface area contributed by atoms with Crippen molar-refractivity contribution in [1.82, 2.24) is 14.9 Å². The van der Waals surface area contributed by atoms with Gasteiger partial charge in [-0.2, -0.15) is 0 Å². The summed E-state index contributed by atoms with van der Waals surface area (Å²) in [6.07, 6.45) is 2.88. The number of methoxy groups -OCH3 is 1. The van der Waals surface area contributed by atoms with Gasteiger partial charge < -0.3 is 29.2 Å². The summed E-state index contributed by atoms with van der Waals surface area (Å²) in [7, 11) is 7.78. The Bertz CT molecular complexity index is 1450. The lowest BCUT2D eigenvalue weighted by atomic mass is 10.0. The SMILES string of the molecule is COCCN1CN(C)c2c1c1cc(-c3cnc4ccc(OCCCN(C)C)cc4c3)ccc1[nH]c2=O. The third-order valence-electron chi connectivity index (χ3n) is 6.61. The van der Waals surface area contributed by atoms with Gasteiger partial charge in [-0.15, -0.1) is 0 Å². The summed E-state index contributed by atoms with van der Waals surface area (Å²) >= 11 is 0. The van der Waals surface area contributed by atoms with E-state index in [1.807, 2.05) is 42.4 Å². The van der Waals surface area contributed by atoms with Gasteiger partial charge >= 0.3 is 0 Å². The predicted molar refractivity (Wildman–Crippen MR) is 146 cm³/mol. The summed E-state index contributed by atoms with van der Waals surface area (Å²) in [5.41, 5.74) is 5.40. The molecule has 3 heterocycles. The fourth-order valence-corrected chi connectivity index (χ4v) is 4.83. The van der Waals surface area contributed by atoms with Gasteiger partial charge in [0.05, 0.1) is 36.6 Å². The number of rotatable bonds is 9. The molecule has 36 heavy (non-hydrogen) atoms. The number of H-pyrrole nitrogens is 1. The Labute approximate surface area is 211 Å². The summed E-state index contributed by atoms with van der Waals surface area (Å²) < 4.78 is 11.3. The molecule has 0 fully saturated rings. The summed E-state index contributed by atoms with van der Waals surface area (Å²) in [4.78, 5) is 26.9. The third kappa shape index (κ3) is 4.74. The average molecular weight is 488 g/mol. The number of nitrogens with one attached hydrogen (secondary N) is 1. The van der Waals surface area contributed by atoms with Crippen LogP contribution in [0.4, 0.5) is 11.4 Å². The van der Waals surface area contributed by atoms with E-state index in [1.54, 1.807) is 7.11 Å². The molecule has 5 rings (SSSR count). The minimum atomic E-state index is -0.0712. The van der Waals surface area contributed by atoms with Gasteiger partial charge in [-0.1, -0.05) is 6.07 Å². The van der Waals surface area contributed by atoms with Crippen LogP contribution >= 0.6 is 0 Å². The van der Waals surface area contributed by atoms with E-state index in [9.17, 15) is 4.79 Å². The monoisotopic (exact) mass is 487 g/mol. The molecule has 0 atom stereocenters. The summed E-state index contributed by atoms with van der Waals surface area (Å²) in [5.74, 6) is 0.853. The fourth-order valence-electron chi connectivity index (χ4n) is 4.83. The Kier molecular flexibility index (Phi) is 6.80. The predicted octanol–water partition coefficient (Wildman–Crippen LogP) is 3.93. The van der Waals surface area contributed by atoms with Crippen LogP contribution in [-0.4, -0.2) is 76.1 Å². The summed E-state index contributed by atoms with van der Waals surface area (Å²) in [6.45, 7) is 3.63. The van der Waals surface area contributed by atoms with Crippen LogP contribution in [0, 0.1) is 0 Å². The largest absolute Gasteiger partial charge is 0.494 e. The molecule has 1 aliphatic heterocycles. The standard InChI is InChI=1S/C28H33N5O3/c1-31(2)10-5-12-36-22-7-9-24-20(15-22)14-21(17-29-24)19-6-8-25-23(16-19)26-27(28(34)30-25)32(3)18-33(26)11-13-35-4/h6-9,14-17H,5,10-13,18H2,1-4H3,(H,30,34). The van der Waals surface area contributed by atoms with Crippen LogP contribution in [0.1, 0.15) is 6.42 Å². The number of hydrogen-bond acceptors (Lipinski definition) is 7. The molecule has 8 heteroatoms. The molecule has 0 spiro atoms. The summed E-state index contributed by atoms with van der Waals surface area (Å²) in [5, 5.41) is 2.05. The van der Waals surface area contributed by atoms with Crippen molar-refractivity contribution in [2.75, 3.05) is 71.0 Å². The van der Waals surface area contributed by atoms with Crippen LogP contribution in [0.3, 0.4) is 0 Å².